The Bertz CT molecular complexity index is 784. The maximum Gasteiger partial charge on any atom is 0.321 e. The van der Waals surface area contributed by atoms with Gasteiger partial charge in [-0.3, -0.25) is 4.90 Å². The highest BCUT2D eigenvalue weighted by Gasteiger charge is 2.43. The first kappa shape index (κ1) is 20.4. The molecule has 2 aliphatic rings. The number of amides is 2. The first-order valence-corrected chi connectivity index (χ1v) is 11.6. The van der Waals surface area contributed by atoms with E-state index in [0.29, 0.717) is 49.1 Å². The Balaban J connectivity index is 1.72. The van der Waals surface area contributed by atoms with Gasteiger partial charge in [-0.2, -0.15) is 0 Å². The number of rotatable bonds is 3. The number of hydrogen-bond acceptors (Lipinski definition) is 4. The standard InChI is InChI=1S/C19H28ClN3O3S/c1-14(2)13-23-11-12-27(25,26)18-8-10-22(9-7-17(18)23)19(24)21-16-6-4-3-5-15(16)20/h3-6,14,17-18H,7-13H2,1-2H3,(H,21,24)/t17-,18+/m0/s1. The molecule has 0 aliphatic carbocycles. The molecule has 1 aromatic rings. The van der Waals surface area contributed by atoms with E-state index in [1.165, 1.54) is 0 Å². The number of nitrogens with zero attached hydrogens (tertiary/aromatic N) is 2. The average Bonchev–Trinajstić information content (AvgIpc) is 2.83. The minimum Gasteiger partial charge on any atom is -0.324 e. The molecular weight excluding hydrogens is 386 g/mol. The first-order chi connectivity index (χ1) is 12.8. The third-order valence-electron chi connectivity index (χ3n) is 5.40. The summed E-state index contributed by atoms with van der Waals surface area (Å²) in [5.74, 6) is 0.696. The van der Waals surface area contributed by atoms with E-state index in [0.717, 1.165) is 6.54 Å². The van der Waals surface area contributed by atoms with E-state index >= 15 is 0 Å². The van der Waals surface area contributed by atoms with Crippen LogP contribution in [0.2, 0.25) is 5.02 Å². The normalized spacial score (nSPS) is 25.7. The fraction of sp³-hybridized carbons (Fsp3) is 0.632. The van der Waals surface area contributed by atoms with Crippen molar-refractivity contribution in [2.75, 3.05) is 37.2 Å². The predicted molar refractivity (Wildman–Crippen MR) is 109 cm³/mol. The molecule has 0 bridgehead atoms. The molecule has 0 saturated carbocycles. The van der Waals surface area contributed by atoms with Crippen molar-refractivity contribution in [3.05, 3.63) is 29.3 Å². The van der Waals surface area contributed by atoms with Gasteiger partial charge in [-0.15, -0.1) is 0 Å². The lowest BCUT2D eigenvalue weighted by Gasteiger charge is -2.40. The van der Waals surface area contributed by atoms with Gasteiger partial charge in [0, 0.05) is 32.2 Å². The molecule has 0 aromatic heterocycles. The molecule has 27 heavy (non-hydrogen) atoms. The summed E-state index contributed by atoms with van der Waals surface area (Å²) in [7, 11) is -3.11. The van der Waals surface area contributed by atoms with Crippen LogP contribution in [0.3, 0.4) is 0 Å². The summed E-state index contributed by atoms with van der Waals surface area (Å²) in [6.45, 7) is 6.76. The SMILES string of the molecule is CC(C)CN1CCS(=O)(=O)[C@@H]2CCN(C(=O)Nc3ccccc3Cl)CC[C@@H]21. The summed E-state index contributed by atoms with van der Waals surface area (Å²) < 4.78 is 25.3. The number of benzene rings is 1. The Labute approximate surface area is 166 Å². The molecule has 0 unspecified atom stereocenters. The van der Waals surface area contributed by atoms with Crippen LogP contribution in [0.1, 0.15) is 26.7 Å². The monoisotopic (exact) mass is 413 g/mol. The van der Waals surface area contributed by atoms with Crippen molar-refractivity contribution in [3.8, 4) is 0 Å². The van der Waals surface area contributed by atoms with Gasteiger partial charge in [0.2, 0.25) is 0 Å². The van der Waals surface area contributed by atoms with Crippen LogP contribution >= 0.6 is 11.6 Å². The Morgan fingerprint density at radius 1 is 1.22 bits per heavy atom. The fourth-order valence-corrected chi connectivity index (χ4v) is 6.34. The second-order valence-corrected chi connectivity index (χ2v) is 10.6. The Morgan fingerprint density at radius 2 is 1.93 bits per heavy atom. The lowest BCUT2D eigenvalue weighted by molar-refractivity contribution is 0.161. The van der Waals surface area contributed by atoms with E-state index in [1.54, 1.807) is 17.0 Å². The van der Waals surface area contributed by atoms with Crippen molar-refractivity contribution in [1.29, 1.82) is 0 Å². The number of halogens is 1. The number of hydrogen-bond donors (Lipinski definition) is 1. The molecule has 2 atom stereocenters. The summed E-state index contributed by atoms with van der Waals surface area (Å²) in [5.41, 5.74) is 0.569. The zero-order valence-electron chi connectivity index (χ0n) is 15.9. The zero-order chi connectivity index (χ0) is 19.6. The van der Waals surface area contributed by atoms with Gasteiger partial charge in [0.1, 0.15) is 0 Å². The minimum absolute atomic E-state index is 0.00994. The van der Waals surface area contributed by atoms with Crippen molar-refractivity contribution >= 4 is 33.2 Å². The van der Waals surface area contributed by atoms with E-state index in [-0.39, 0.29) is 23.1 Å². The molecule has 1 aromatic carbocycles. The number of sulfone groups is 1. The van der Waals surface area contributed by atoms with E-state index in [1.807, 2.05) is 12.1 Å². The van der Waals surface area contributed by atoms with Crippen LogP contribution in [-0.4, -0.2) is 67.5 Å². The van der Waals surface area contributed by atoms with Gasteiger partial charge in [-0.05, 0) is 30.9 Å². The molecule has 8 heteroatoms. The van der Waals surface area contributed by atoms with Crippen molar-refractivity contribution < 1.29 is 13.2 Å². The van der Waals surface area contributed by atoms with E-state index in [4.69, 9.17) is 11.6 Å². The maximum atomic E-state index is 12.7. The van der Waals surface area contributed by atoms with Gasteiger partial charge in [-0.25, -0.2) is 13.2 Å². The smallest absolute Gasteiger partial charge is 0.321 e. The molecule has 2 saturated heterocycles. The highest BCUT2D eigenvalue weighted by atomic mass is 35.5. The van der Waals surface area contributed by atoms with Gasteiger partial charge < -0.3 is 10.2 Å². The number of urea groups is 1. The van der Waals surface area contributed by atoms with Crippen LogP contribution in [0.4, 0.5) is 10.5 Å². The lowest BCUT2D eigenvalue weighted by atomic mass is 10.0. The summed E-state index contributed by atoms with van der Waals surface area (Å²) >= 11 is 6.12. The van der Waals surface area contributed by atoms with Crippen LogP contribution in [0.25, 0.3) is 0 Å². The first-order valence-electron chi connectivity index (χ1n) is 9.54. The van der Waals surface area contributed by atoms with Crippen molar-refractivity contribution in [3.63, 3.8) is 0 Å². The predicted octanol–water partition coefficient (Wildman–Crippen LogP) is 3.09. The lowest BCUT2D eigenvalue weighted by Crippen LogP contribution is -2.55. The van der Waals surface area contributed by atoms with Crippen LogP contribution in [0.5, 0.6) is 0 Å². The third-order valence-corrected chi connectivity index (χ3v) is 7.96. The van der Waals surface area contributed by atoms with Crippen molar-refractivity contribution in [2.45, 2.75) is 38.0 Å². The minimum atomic E-state index is -3.11. The van der Waals surface area contributed by atoms with E-state index in [9.17, 15) is 13.2 Å². The number of carbonyl (C=O) groups is 1. The molecule has 6 nitrogen and oxygen atoms in total. The second kappa shape index (κ2) is 8.37. The number of anilines is 1. The maximum absolute atomic E-state index is 12.7. The second-order valence-electron chi connectivity index (χ2n) is 7.84. The van der Waals surface area contributed by atoms with Gasteiger partial charge in [0.05, 0.1) is 21.7 Å². The summed E-state index contributed by atoms with van der Waals surface area (Å²) in [6, 6.07) is 6.87. The molecule has 3 rings (SSSR count). The quantitative estimate of drug-likeness (QED) is 0.826. The number of likely N-dealkylation sites (tertiary alicyclic amines) is 1. The highest BCUT2D eigenvalue weighted by Crippen LogP contribution is 2.29. The summed E-state index contributed by atoms with van der Waals surface area (Å²) in [5, 5.41) is 2.95. The number of nitrogens with one attached hydrogen (secondary N) is 1. The van der Waals surface area contributed by atoms with Crippen LogP contribution in [-0.2, 0) is 9.84 Å². The summed E-state index contributed by atoms with van der Waals surface area (Å²) in [4.78, 5) is 16.7. The highest BCUT2D eigenvalue weighted by molar-refractivity contribution is 7.92. The van der Waals surface area contributed by atoms with Gasteiger partial charge in [-0.1, -0.05) is 37.6 Å². The van der Waals surface area contributed by atoms with Gasteiger partial charge >= 0.3 is 6.03 Å². The van der Waals surface area contributed by atoms with Crippen LogP contribution < -0.4 is 5.32 Å². The van der Waals surface area contributed by atoms with E-state index < -0.39 is 9.84 Å². The fourth-order valence-electron chi connectivity index (χ4n) is 4.12. The molecule has 0 radical (unpaired) electrons. The molecule has 0 spiro atoms. The van der Waals surface area contributed by atoms with Crippen LogP contribution in [0.15, 0.2) is 24.3 Å². The van der Waals surface area contributed by atoms with Gasteiger partial charge in [0.25, 0.3) is 0 Å². The topological polar surface area (TPSA) is 69.7 Å². The molecular formula is C19H28ClN3O3S. The van der Waals surface area contributed by atoms with Crippen LogP contribution in [0, 0.1) is 5.92 Å². The van der Waals surface area contributed by atoms with E-state index in [2.05, 4.69) is 24.1 Å². The number of fused-ring (bicyclic) bond motifs is 1. The number of carbonyl (C=O) groups excluding carboxylic acids is 1. The Morgan fingerprint density at radius 3 is 2.63 bits per heavy atom. The molecule has 2 aliphatic heterocycles. The number of para-hydroxylation sites is 1. The van der Waals surface area contributed by atoms with Gasteiger partial charge in [0.15, 0.2) is 9.84 Å². The zero-order valence-corrected chi connectivity index (χ0v) is 17.5. The summed E-state index contributed by atoms with van der Waals surface area (Å²) in [6.07, 6.45) is 1.16. The molecule has 1 N–H and O–H groups in total. The molecule has 2 heterocycles. The molecule has 2 amide bonds. The molecule has 2 fully saturated rings. The van der Waals surface area contributed by atoms with Crippen molar-refractivity contribution in [2.24, 2.45) is 5.92 Å². The Hall–Kier alpha value is -1.31. The molecule has 150 valence electrons. The third kappa shape index (κ3) is 4.76. The Kier molecular flexibility index (Phi) is 6.33. The largest absolute Gasteiger partial charge is 0.324 e. The van der Waals surface area contributed by atoms with Crippen molar-refractivity contribution in [1.82, 2.24) is 9.80 Å². The average molecular weight is 414 g/mol.